The van der Waals surface area contributed by atoms with Crippen LogP contribution in [0.5, 0.6) is 0 Å². The molecule has 112 valence electrons. The van der Waals surface area contributed by atoms with Crippen LogP contribution in [0.15, 0.2) is 34.7 Å². The SMILES string of the molecule is NCCN1CCC(NC(=O)c2cc3ccccc3o2)CC1. The second kappa shape index (κ2) is 6.28. The molecule has 1 amide bonds. The maximum absolute atomic E-state index is 12.3. The van der Waals surface area contributed by atoms with Crippen molar-refractivity contribution in [1.82, 2.24) is 10.2 Å². The predicted molar refractivity (Wildman–Crippen MR) is 82.2 cm³/mol. The summed E-state index contributed by atoms with van der Waals surface area (Å²) in [5, 5.41) is 4.03. The van der Waals surface area contributed by atoms with Crippen molar-refractivity contribution in [2.24, 2.45) is 5.73 Å². The van der Waals surface area contributed by atoms with Crippen LogP contribution in [-0.4, -0.2) is 43.0 Å². The van der Waals surface area contributed by atoms with E-state index in [9.17, 15) is 4.79 Å². The molecular weight excluding hydrogens is 266 g/mol. The van der Waals surface area contributed by atoms with E-state index >= 15 is 0 Å². The Morgan fingerprint density at radius 1 is 1.33 bits per heavy atom. The first kappa shape index (κ1) is 14.1. The van der Waals surface area contributed by atoms with Crippen molar-refractivity contribution in [2.75, 3.05) is 26.2 Å². The Bertz CT molecular complexity index is 582. The number of carbonyl (C=O) groups excluding carboxylic acids is 1. The molecule has 2 heterocycles. The van der Waals surface area contributed by atoms with Gasteiger partial charge in [0.05, 0.1) is 0 Å². The van der Waals surface area contributed by atoms with E-state index in [4.69, 9.17) is 10.2 Å². The molecule has 0 atom stereocenters. The molecule has 5 heteroatoms. The molecule has 1 aromatic heterocycles. The minimum Gasteiger partial charge on any atom is -0.451 e. The molecule has 3 N–H and O–H groups in total. The van der Waals surface area contributed by atoms with Crippen molar-refractivity contribution in [3.63, 3.8) is 0 Å². The van der Waals surface area contributed by atoms with Gasteiger partial charge in [0.2, 0.25) is 0 Å². The standard InChI is InChI=1S/C16H21N3O2/c17-7-10-19-8-5-13(6-9-19)18-16(20)15-11-12-3-1-2-4-14(12)21-15/h1-4,11,13H,5-10,17H2,(H,18,20). The fourth-order valence-electron chi connectivity index (χ4n) is 2.83. The lowest BCUT2D eigenvalue weighted by Gasteiger charge is -2.31. The van der Waals surface area contributed by atoms with Gasteiger partial charge >= 0.3 is 0 Å². The average molecular weight is 287 g/mol. The van der Waals surface area contributed by atoms with Crippen molar-refractivity contribution in [1.29, 1.82) is 0 Å². The maximum atomic E-state index is 12.3. The van der Waals surface area contributed by atoms with Gasteiger partial charge in [-0.2, -0.15) is 0 Å². The van der Waals surface area contributed by atoms with E-state index in [1.165, 1.54) is 0 Å². The summed E-state index contributed by atoms with van der Waals surface area (Å²) in [5.41, 5.74) is 6.31. The van der Waals surface area contributed by atoms with Crippen LogP contribution < -0.4 is 11.1 Å². The first-order valence-electron chi connectivity index (χ1n) is 7.48. The molecule has 0 radical (unpaired) electrons. The summed E-state index contributed by atoms with van der Waals surface area (Å²) in [6, 6.07) is 9.68. The molecule has 5 nitrogen and oxygen atoms in total. The Morgan fingerprint density at radius 2 is 2.10 bits per heavy atom. The Kier molecular flexibility index (Phi) is 4.22. The van der Waals surface area contributed by atoms with Crippen molar-refractivity contribution in [3.05, 3.63) is 36.1 Å². The van der Waals surface area contributed by atoms with Gasteiger partial charge in [0.15, 0.2) is 5.76 Å². The topological polar surface area (TPSA) is 71.5 Å². The molecule has 21 heavy (non-hydrogen) atoms. The predicted octanol–water partition coefficient (Wildman–Crippen LogP) is 1.59. The highest BCUT2D eigenvalue weighted by atomic mass is 16.3. The van der Waals surface area contributed by atoms with Crippen LogP contribution in [0.3, 0.4) is 0 Å². The van der Waals surface area contributed by atoms with Crippen LogP contribution in [0.1, 0.15) is 23.4 Å². The molecule has 1 aliphatic rings. The Labute approximate surface area is 124 Å². The molecule has 3 rings (SSSR count). The molecule has 1 aliphatic heterocycles. The molecule has 0 bridgehead atoms. The minimum absolute atomic E-state index is 0.122. The van der Waals surface area contributed by atoms with E-state index in [-0.39, 0.29) is 11.9 Å². The Morgan fingerprint density at radius 3 is 2.81 bits per heavy atom. The number of rotatable bonds is 4. The summed E-state index contributed by atoms with van der Waals surface area (Å²) in [4.78, 5) is 14.6. The van der Waals surface area contributed by atoms with E-state index in [1.54, 1.807) is 6.07 Å². The number of fused-ring (bicyclic) bond motifs is 1. The second-order valence-corrected chi connectivity index (χ2v) is 5.53. The third-order valence-electron chi connectivity index (χ3n) is 4.02. The summed E-state index contributed by atoms with van der Waals surface area (Å²) in [6.45, 7) is 3.60. The second-order valence-electron chi connectivity index (χ2n) is 5.53. The number of carbonyl (C=O) groups is 1. The third kappa shape index (κ3) is 3.25. The zero-order valence-corrected chi connectivity index (χ0v) is 12.0. The van der Waals surface area contributed by atoms with Gasteiger partial charge in [0, 0.05) is 37.6 Å². The highest BCUT2D eigenvalue weighted by molar-refractivity contribution is 5.96. The van der Waals surface area contributed by atoms with Crippen LogP contribution in [0, 0.1) is 0 Å². The first-order chi connectivity index (χ1) is 10.3. The highest BCUT2D eigenvalue weighted by Crippen LogP contribution is 2.19. The van der Waals surface area contributed by atoms with E-state index in [0.29, 0.717) is 12.3 Å². The number of piperidine rings is 1. The molecule has 0 saturated carbocycles. The van der Waals surface area contributed by atoms with Gasteiger partial charge in [-0.05, 0) is 25.0 Å². The zero-order valence-electron chi connectivity index (χ0n) is 12.0. The Balaban J connectivity index is 1.59. The van der Waals surface area contributed by atoms with E-state index < -0.39 is 0 Å². The van der Waals surface area contributed by atoms with Gasteiger partial charge in [0.1, 0.15) is 5.58 Å². The normalized spacial score (nSPS) is 17.2. The summed E-state index contributed by atoms with van der Waals surface area (Å²) in [6.07, 6.45) is 1.93. The number of amides is 1. The lowest BCUT2D eigenvalue weighted by atomic mass is 10.0. The van der Waals surface area contributed by atoms with Gasteiger partial charge in [-0.1, -0.05) is 18.2 Å². The summed E-state index contributed by atoms with van der Waals surface area (Å²) in [5.74, 6) is 0.268. The molecule has 1 fully saturated rings. The number of nitrogens with two attached hydrogens (primary N) is 1. The van der Waals surface area contributed by atoms with Gasteiger partial charge in [-0.15, -0.1) is 0 Å². The molecular formula is C16H21N3O2. The fraction of sp³-hybridized carbons (Fsp3) is 0.438. The summed E-state index contributed by atoms with van der Waals surface area (Å²) >= 11 is 0. The van der Waals surface area contributed by atoms with E-state index in [2.05, 4.69) is 10.2 Å². The first-order valence-corrected chi connectivity index (χ1v) is 7.48. The number of hydrogen-bond donors (Lipinski definition) is 2. The number of nitrogens with zero attached hydrogens (tertiary/aromatic N) is 1. The van der Waals surface area contributed by atoms with Gasteiger partial charge < -0.3 is 20.4 Å². The van der Waals surface area contributed by atoms with Gasteiger partial charge in [0.25, 0.3) is 5.91 Å². The van der Waals surface area contributed by atoms with Gasteiger partial charge in [-0.3, -0.25) is 4.79 Å². The molecule has 1 saturated heterocycles. The van der Waals surface area contributed by atoms with Crippen molar-refractivity contribution in [2.45, 2.75) is 18.9 Å². The molecule has 2 aromatic rings. The number of likely N-dealkylation sites (tertiary alicyclic amines) is 1. The van der Waals surface area contributed by atoms with Crippen molar-refractivity contribution >= 4 is 16.9 Å². The quantitative estimate of drug-likeness (QED) is 0.895. The number of hydrogen-bond acceptors (Lipinski definition) is 4. The lowest BCUT2D eigenvalue weighted by molar-refractivity contribution is 0.0886. The Hall–Kier alpha value is -1.85. The lowest BCUT2D eigenvalue weighted by Crippen LogP contribution is -2.45. The average Bonchev–Trinajstić information content (AvgIpc) is 2.94. The fourth-order valence-corrected chi connectivity index (χ4v) is 2.83. The van der Waals surface area contributed by atoms with Crippen LogP contribution in [0.4, 0.5) is 0 Å². The van der Waals surface area contributed by atoms with Crippen molar-refractivity contribution < 1.29 is 9.21 Å². The van der Waals surface area contributed by atoms with Gasteiger partial charge in [-0.25, -0.2) is 0 Å². The van der Waals surface area contributed by atoms with Crippen LogP contribution in [0.25, 0.3) is 11.0 Å². The zero-order chi connectivity index (χ0) is 14.7. The monoisotopic (exact) mass is 287 g/mol. The maximum Gasteiger partial charge on any atom is 0.287 e. The number of para-hydroxylation sites is 1. The van der Waals surface area contributed by atoms with Crippen LogP contribution in [-0.2, 0) is 0 Å². The summed E-state index contributed by atoms with van der Waals surface area (Å²) < 4.78 is 5.59. The highest BCUT2D eigenvalue weighted by Gasteiger charge is 2.22. The van der Waals surface area contributed by atoms with Crippen LogP contribution >= 0.6 is 0 Å². The molecule has 0 aliphatic carbocycles. The largest absolute Gasteiger partial charge is 0.451 e. The number of benzene rings is 1. The third-order valence-corrected chi connectivity index (χ3v) is 4.02. The number of furan rings is 1. The minimum atomic E-state index is -0.122. The van der Waals surface area contributed by atoms with E-state index in [1.807, 2.05) is 24.3 Å². The number of nitrogens with one attached hydrogen (secondary N) is 1. The molecule has 0 spiro atoms. The molecule has 1 aromatic carbocycles. The van der Waals surface area contributed by atoms with Crippen molar-refractivity contribution in [3.8, 4) is 0 Å². The van der Waals surface area contributed by atoms with Crippen LogP contribution in [0.2, 0.25) is 0 Å². The smallest absolute Gasteiger partial charge is 0.287 e. The van der Waals surface area contributed by atoms with E-state index in [0.717, 1.165) is 43.4 Å². The summed E-state index contributed by atoms with van der Waals surface area (Å²) in [7, 11) is 0. The molecule has 0 unspecified atom stereocenters.